The molecule has 0 saturated carbocycles. The molecule has 0 bridgehead atoms. The number of alkyl halides is 1. The van der Waals surface area contributed by atoms with Gasteiger partial charge in [0.1, 0.15) is 0 Å². The number of hydrogen-bond acceptors (Lipinski definition) is 2. The van der Waals surface area contributed by atoms with Crippen molar-refractivity contribution in [2.45, 2.75) is 12.3 Å². The van der Waals surface area contributed by atoms with Crippen molar-refractivity contribution < 1.29 is 0 Å². The van der Waals surface area contributed by atoms with Crippen molar-refractivity contribution >= 4 is 28.2 Å². The van der Waals surface area contributed by atoms with Gasteiger partial charge in [0.2, 0.25) is 0 Å². The second-order valence-electron chi connectivity index (χ2n) is 4.19. The van der Waals surface area contributed by atoms with E-state index in [1.54, 1.807) is 0 Å². The fourth-order valence-corrected chi connectivity index (χ4v) is 2.17. The number of pyridine rings is 1. The molecule has 3 heteroatoms. The van der Waals surface area contributed by atoms with Gasteiger partial charge in [-0.3, -0.25) is 4.98 Å². The lowest BCUT2D eigenvalue weighted by atomic mass is 10.1. The van der Waals surface area contributed by atoms with Crippen molar-refractivity contribution in [3.8, 4) is 0 Å². The summed E-state index contributed by atoms with van der Waals surface area (Å²) in [6.45, 7) is 2.31. The molecule has 16 heavy (non-hydrogen) atoms. The van der Waals surface area contributed by atoms with Crippen molar-refractivity contribution in [2.24, 2.45) is 0 Å². The van der Waals surface area contributed by atoms with Crippen LogP contribution in [-0.4, -0.2) is 18.1 Å². The quantitative estimate of drug-likeness (QED) is 0.740. The van der Waals surface area contributed by atoms with E-state index in [2.05, 4.69) is 22.0 Å². The van der Waals surface area contributed by atoms with E-state index in [-0.39, 0.29) is 0 Å². The van der Waals surface area contributed by atoms with Crippen LogP contribution in [0.25, 0.3) is 10.9 Å². The fraction of sp³-hybridized carbons (Fsp3) is 0.308. The maximum Gasteiger partial charge on any atom is 0.0703 e. The SMILES string of the molecule is ClCc1ccc2ncc(N3CCC3)cc2c1. The number of fused-ring (bicyclic) bond motifs is 1. The summed E-state index contributed by atoms with van der Waals surface area (Å²) in [5, 5.41) is 1.18. The van der Waals surface area contributed by atoms with Gasteiger partial charge >= 0.3 is 0 Å². The first kappa shape index (κ1) is 9.91. The molecule has 0 aliphatic carbocycles. The first-order valence-electron chi connectivity index (χ1n) is 5.56. The Morgan fingerprint density at radius 3 is 2.81 bits per heavy atom. The van der Waals surface area contributed by atoms with Crippen LogP contribution in [0.5, 0.6) is 0 Å². The van der Waals surface area contributed by atoms with Gasteiger partial charge in [-0.25, -0.2) is 0 Å². The number of halogens is 1. The van der Waals surface area contributed by atoms with E-state index in [9.17, 15) is 0 Å². The van der Waals surface area contributed by atoms with E-state index in [4.69, 9.17) is 11.6 Å². The third-order valence-electron chi connectivity index (χ3n) is 3.11. The van der Waals surface area contributed by atoms with Gasteiger partial charge in [0.15, 0.2) is 0 Å². The van der Waals surface area contributed by atoms with E-state index in [0.717, 1.165) is 24.2 Å². The van der Waals surface area contributed by atoms with Crippen LogP contribution in [0, 0.1) is 0 Å². The summed E-state index contributed by atoms with van der Waals surface area (Å²) in [5.74, 6) is 0.559. The van der Waals surface area contributed by atoms with Gasteiger partial charge < -0.3 is 4.90 Å². The molecular formula is C13H13ClN2. The van der Waals surface area contributed by atoms with Crippen LogP contribution < -0.4 is 4.90 Å². The van der Waals surface area contributed by atoms with Gasteiger partial charge in [0, 0.05) is 24.4 Å². The van der Waals surface area contributed by atoms with Crippen LogP contribution in [-0.2, 0) is 5.88 Å². The largest absolute Gasteiger partial charge is 0.370 e. The van der Waals surface area contributed by atoms with Gasteiger partial charge in [-0.05, 0) is 30.2 Å². The smallest absolute Gasteiger partial charge is 0.0703 e. The zero-order valence-electron chi connectivity index (χ0n) is 8.99. The standard InChI is InChI=1S/C13H13ClN2/c14-8-10-2-3-13-11(6-10)7-12(9-15-13)16-4-1-5-16/h2-3,6-7,9H,1,4-5,8H2. The average Bonchev–Trinajstić information content (AvgIpc) is 2.26. The predicted octanol–water partition coefficient (Wildman–Crippen LogP) is 3.18. The summed E-state index contributed by atoms with van der Waals surface area (Å²) < 4.78 is 0. The third kappa shape index (κ3) is 1.63. The first-order chi connectivity index (χ1) is 7.86. The molecule has 1 aliphatic heterocycles. The zero-order valence-corrected chi connectivity index (χ0v) is 9.74. The molecular weight excluding hydrogens is 220 g/mol. The molecule has 1 fully saturated rings. The number of rotatable bonds is 2. The molecule has 0 N–H and O–H groups in total. The Balaban J connectivity index is 2.07. The van der Waals surface area contributed by atoms with Gasteiger partial charge in [-0.15, -0.1) is 11.6 Å². The molecule has 0 atom stereocenters. The van der Waals surface area contributed by atoms with Gasteiger partial charge in [0.25, 0.3) is 0 Å². The van der Waals surface area contributed by atoms with Gasteiger partial charge in [-0.2, -0.15) is 0 Å². The van der Waals surface area contributed by atoms with E-state index < -0.39 is 0 Å². The minimum Gasteiger partial charge on any atom is -0.370 e. The summed E-state index contributed by atoms with van der Waals surface area (Å²) in [5.41, 5.74) is 3.42. The third-order valence-corrected chi connectivity index (χ3v) is 3.42. The summed E-state index contributed by atoms with van der Waals surface area (Å²) in [7, 11) is 0. The number of anilines is 1. The Morgan fingerprint density at radius 2 is 2.12 bits per heavy atom. The summed E-state index contributed by atoms with van der Waals surface area (Å²) in [6.07, 6.45) is 3.25. The van der Waals surface area contributed by atoms with Crippen molar-refractivity contribution in [3.63, 3.8) is 0 Å². The molecule has 1 aliphatic rings. The highest BCUT2D eigenvalue weighted by atomic mass is 35.5. The normalized spacial score (nSPS) is 15.2. The second-order valence-corrected chi connectivity index (χ2v) is 4.46. The lowest BCUT2D eigenvalue weighted by Crippen LogP contribution is -2.36. The van der Waals surface area contributed by atoms with Crippen LogP contribution in [0.2, 0.25) is 0 Å². The maximum atomic E-state index is 5.84. The van der Waals surface area contributed by atoms with E-state index in [0.29, 0.717) is 5.88 Å². The molecule has 0 unspecified atom stereocenters. The molecule has 0 amide bonds. The van der Waals surface area contributed by atoms with Crippen molar-refractivity contribution in [3.05, 3.63) is 36.0 Å². The number of benzene rings is 1. The average molecular weight is 233 g/mol. The molecule has 3 rings (SSSR count). The highest BCUT2D eigenvalue weighted by Crippen LogP contribution is 2.24. The minimum atomic E-state index is 0.559. The number of hydrogen-bond donors (Lipinski definition) is 0. The Kier molecular flexibility index (Phi) is 2.44. The summed E-state index contributed by atoms with van der Waals surface area (Å²) in [4.78, 5) is 6.82. The molecule has 2 aromatic rings. The molecule has 82 valence electrons. The van der Waals surface area contributed by atoms with Crippen molar-refractivity contribution in [1.29, 1.82) is 0 Å². The Bertz CT molecular complexity index is 520. The summed E-state index contributed by atoms with van der Waals surface area (Å²) >= 11 is 5.84. The maximum absolute atomic E-state index is 5.84. The van der Waals surface area contributed by atoms with Crippen LogP contribution in [0.3, 0.4) is 0 Å². The molecule has 0 spiro atoms. The first-order valence-corrected chi connectivity index (χ1v) is 6.10. The second kappa shape index (κ2) is 3.95. The Labute approximate surface area is 99.8 Å². The minimum absolute atomic E-state index is 0.559. The number of aromatic nitrogens is 1. The lowest BCUT2D eigenvalue weighted by molar-refractivity contribution is 0.617. The number of nitrogens with zero attached hydrogens (tertiary/aromatic N) is 2. The fourth-order valence-electron chi connectivity index (χ4n) is 2.00. The molecule has 2 nitrogen and oxygen atoms in total. The Morgan fingerprint density at radius 1 is 1.25 bits per heavy atom. The van der Waals surface area contributed by atoms with Crippen LogP contribution in [0.1, 0.15) is 12.0 Å². The molecule has 1 aromatic heterocycles. The highest BCUT2D eigenvalue weighted by Gasteiger charge is 2.14. The molecule has 1 saturated heterocycles. The van der Waals surface area contributed by atoms with Gasteiger partial charge in [0.05, 0.1) is 17.4 Å². The topological polar surface area (TPSA) is 16.1 Å². The van der Waals surface area contributed by atoms with Crippen LogP contribution in [0.4, 0.5) is 5.69 Å². The Hall–Kier alpha value is -1.28. The van der Waals surface area contributed by atoms with Crippen LogP contribution in [0.15, 0.2) is 30.5 Å². The van der Waals surface area contributed by atoms with Crippen molar-refractivity contribution in [2.75, 3.05) is 18.0 Å². The molecule has 2 heterocycles. The zero-order chi connectivity index (χ0) is 11.0. The van der Waals surface area contributed by atoms with E-state index in [1.807, 2.05) is 18.3 Å². The highest BCUT2D eigenvalue weighted by molar-refractivity contribution is 6.17. The monoisotopic (exact) mass is 232 g/mol. The molecule has 1 aromatic carbocycles. The van der Waals surface area contributed by atoms with E-state index in [1.165, 1.54) is 17.5 Å². The van der Waals surface area contributed by atoms with Gasteiger partial charge in [-0.1, -0.05) is 6.07 Å². The van der Waals surface area contributed by atoms with Crippen LogP contribution >= 0.6 is 11.6 Å². The summed E-state index contributed by atoms with van der Waals surface area (Å²) in [6, 6.07) is 8.40. The lowest BCUT2D eigenvalue weighted by Gasteiger charge is -2.32. The predicted molar refractivity (Wildman–Crippen MR) is 68.1 cm³/mol. The van der Waals surface area contributed by atoms with E-state index >= 15 is 0 Å². The van der Waals surface area contributed by atoms with Crippen molar-refractivity contribution in [1.82, 2.24) is 4.98 Å². The molecule has 0 radical (unpaired) electrons.